The van der Waals surface area contributed by atoms with Gasteiger partial charge in [0.1, 0.15) is 10.6 Å². The molecule has 3 rings (SSSR count). The van der Waals surface area contributed by atoms with Crippen LogP contribution in [0.2, 0.25) is 0 Å². The monoisotopic (exact) mass is 275 g/mol. The van der Waals surface area contributed by atoms with Crippen molar-refractivity contribution in [2.24, 2.45) is 0 Å². The highest BCUT2D eigenvalue weighted by Gasteiger charge is 2.29. The number of carbonyl (C=O) groups excluding carboxylic acids is 1. The van der Waals surface area contributed by atoms with Crippen LogP contribution in [0.4, 0.5) is 5.82 Å². The second-order valence-electron chi connectivity index (χ2n) is 5.25. The predicted molar refractivity (Wildman–Crippen MR) is 79.3 cm³/mol. The predicted octanol–water partition coefficient (Wildman–Crippen LogP) is 2.25. The lowest BCUT2D eigenvalue weighted by Gasteiger charge is -2.43. The molecule has 1 fully saturated rings. The van der Waals surface area contributed by atoms with E-state index in [0.29, 0.717) is 6.04 Å². The number of ketones is 1. The molecule has 0 unspecified atom stereocenters. The Kier molecular flexibility index (Phi) is 3.03. The van der Waals surface area contributed by atoms with Crippen LogP contribution in [0.1, 0.15) is 16.6 Å². The lowest BCUT2D eigenvalue weighted by atomic mass is 10.1. The first-order chi connectivity index (χ1) is 9.04. The Bertz CT molecular complexity index is 629. The number of nitrogens with zero attached hydrogens (tertiary/aromatic N) is 3. The normalized spacial score (nSPS) is 16.1. The minimum Gasteiger partial charge on any atom is -0.353 e. The van der Waals surface area contributed by atoms with E-state index in [0.717, 1.165) is 34.0 Å². The fraction of sp³-hybridized carbons (Fsp3) is 0.429. The molecule has 0 aliphatic carbocycles. The Morgan fingerprint density at radius 1 is 1.42 bits per heavy atom. The minimum absolute atomic E-state index is 0.112. The summed E-state index contributed by atoms with van der Waals surface area (Å²) in [5.41, 5.74) is 0. The highest BCUT2D eigenvalue weighted by atomic mass is 32.1. The Labute approximate surface area is 116 Å². The molecule has 0 saturated carbocycles. The second kappa shape index (κ2) is 4.58. The first-order valence-electron chi connectivity index (χ1n) is 6.37. The largest absolute Gasteiger partial charge is 0.353 e. The van der Waals surface area contributed by atoms with Gasteiger partial charge in [0.2, 0.25) is 0 Å². The molecule has 1 aliphatic heterocycles. The van der Waals surface area contributed by atoms with E-state index in [4.69, 9.17) is 0 Å². The summed E-state index contributed by atoms with van der Waals surface area (Å²) in [4.78, 5) is 22.3. The Balaban J connectivity index is 1.84. The van der Waals surface area contributed by atoms with Gasteiger partial charge in [0.05, 0.1) is 4.88 Å². The van der Waals surface area contributed by atoms with Gasteiger partial charge in [-0.25, -0.2) is 4.98 Å². The van der Waals surface area contributed by atoms with E-state index in [2.05, 4.69) is 34.9 Å². The van der Waals surface area contributed by atoms with E-state index in [-0.39, 0.29) is 5.78 Å². The Morgan fingerprint density at radius 2 is 2.16 bits per heavy atom. The van der Waals surface area contributed by atoms with Gasteiger partial charge in [0.15, 0.2) is 5.78 Å². The third kappa shape index (κ3) is 2.24. The SMILES string of the molecule is CC(=O)c1cc2ccc(N3CC(N(C)C)C3)nc2s1. The number of rotatable bonds is 3. The van der Waals surface area contributed by atoms with E-state index >= 15 is 0 Å². The molecule has 100 valence electrons. The number of anilines is 1. The van der Waals surface area contributed by atoms with Crippen molar-refractivity contribution >= 4 is 33.2 Å². The molecule has 1 saturated heterocycles. The molecule has 0 N–H and O–H groups in total. The molecule has 0 bridgehead atoms. The van der Waals surface area contributed by atoms with E-state index in [1.165, 1.54) is 11.3 Å². The van der Waals surface area contributed by atoms with Gasteiger partial charge in [0.25, 0.3) is 0 Å². The summed E-state index contributed by atoms with van der Waals surface area (Å²) in [5, 5.41) is 1.06. The number of fused-ring (bicyclic) bond motifs is 1. The zero-order valence-electron chi connectivity index (χ0n) is 11.4. The topological polar surface area (TPSA) is 36.4 Å². The van der Waals surface area contributed by atoms with Crippen LogP contribution >= 0.6 is 11.3 Å². The zero-order valence-corrected chi connectivity index (χ0v) is 12.2. The molecule has 4 nitrogen and oxygen atoms in total. The summed E-state index contributed by atoms with van der Waals surface area (Å²) in [6.45, 7) is 3.65. The molecule has 19 heavy (non-hydrogen) atoms. The number of pyridine rings is 1. The maximum absolute atomic E-state index is 11.4. The van der Waals surface area contributed by atoms with Gasteiger partial charge in [-0.3, -0.25) is 4.79 Å². The van der Waals surface area contributed by atoms with E-state index in [1.807, 2.05) is 12.1 Å². The molecule has 2 aromatic heterocycles. The summed E-state index contributed by atoms with van der Waals surface area (Å²) in [7, 11) is 4.22. The van der Waals surface area contributed by atoms with Crippen LogP contribution in [0, 0.1) is 0 Å². The summed E-state index contributed by atoms with van der Waals surface area (Å²) in [5.74, 6) is 1.13. The molecule has 5 heteroatoms. The van der Waals surface area contributed by atoms with Gasteiger partial charge in [-0.1, -0.05) is 0 Å². The highest BCUT2D eigenvalue weighted by Crippen LogP contribution is 2.28. The van der Waals surface area contributed by atoms with Crippen LogP contribution in [-0.4, -0.2) is 48.9 Å². The van der Waals surface area contributed by atoms with E-state index < -0.39 is 0 Å². The summed E-state index contributed by atoms with van der Waals surface area (Å²) >= 11 is 1.48. The smallest absolute Gasteiger partial charge is 0.169 e. The number of Topliss-reactive ketones (excluding diaryl/α,β-unsaturated/α-hetero) is 1. The van der Waals surface area contributed by atoms with Crippen molar-refractivity contribution in [3.63, 3.8) is 0 Å². The number of hydrogen-bond acceptors (Lipinski definition) is 5. The first kappa shape index (κ1) is 12.6. The third-order valence-corrected chi connectivity index (χ3v) is 4.78. The standard InChI is InChI=1S/C14H17N3OS/c1-9(18)12-6-10-4-5-13(15-14(10)19-12)17-7-11(8-17)16(2)3/h4-6,11H,7-8H2,1-3H3. The molecular weight excluding hydrogens is 258 g/mol. The van der Waals surface area contributed by atoms with Crippen LogP contribution in [0.3, 0.4) is 0 Å². The average molecular weight is 275 g/mol. The van der Waals surface area contributed by atoms with Crippen molar-refractivity contribution in [2.75, 3.05) is 32.1 Å². The fourth-order valence-electron chi connectivity index (χ4n) is 2.23. The molecule has 3 heterocycles. The van der Waals surface area contributed by atoms with Crippen LogP contribution in [0.5, 0.6) is 0 Å². The van der Waals surface area contributed by atoms with Crippen molar-refractivity contribution < 1.29 is 4.79 Å². The molecule has 0 radical (unpaired) electrons. The molecule has 2 aromatic rings. The quantitative estimate of drug-likeness (QED) is 0.805. The van der Waals surface area contributed by atoms with E-state index in [9.17, 15) is 4.79 Å². The zero-order chi connectivity index (χ0) is 13.6. The third-order valence-electron chi connectivity index (χ3n) is 3.63. The second-order valence-corrected chi connectivity index (χ2v) is 6.28. The minimum atomic E-state index is 0.112. The molecule has 0 spiro atoms. The highest BCUT2D eigenvalue weighted by molar-refractivity contribution is 7.20. The Hall–Kier alpha value is -1.46. The maximum atomic E-state index is 11.4. The summed E-state index contributed by atoms with van der Waals surface area (Å²) in [6.07, 6.45) is 0. The van der Waals surface area contributed by atoms with Crippen LogP contribution in [0.25, 0.3) is 10.2 Å². The van der Waals surface area contributed by atoms with Gasteiger partial charge < -0.3 is 9.80 Å². The van der Waals surface area contributed by atoms with Crippen LogP contribution in [0.15, 0.2) is 18.2 Å². The van der Waals surface area contributed by atoms with Crippen LogP contribution in [-0.2, 0) is 0 Å². The van der Waals surface area contributed by atoms with Gasteiger partial charge >= 0.3 is 0 Å². The van der Waals surface area contributed by atoms with Gasteiger partial charge in [-0.05, 0) is 39.2 Å². The lowest BCUT2D eigenvalue weighted by Crippen LogP contribution is -2.57. The lowest BCUT2D eigenvalue weighted by molar-refractivity contribution is 0.102. The van der Waals surface area contributed by atoms with Gasteiger partial charge in [-0.15, -0.1) is 11.3 Å². The molecule has 0 atom stereocenters. The first-order valence-corrected chi connectivity index (χ1v) is 7.19. The fourth-order valence-corrected chi connectivity index (χ4v) is 3.15. The number of aromatic nitrogens is 1. The molecular formula is C14H17N3OS. The van der Waals surface area contributed by atoms with Crippen molar-refractivity contribution in [3.8, 4) is 0 Å². The van der Waals surface area contributed by atoms with Crippen LogP contribution < -0.4 is 4.90 Å². The average Bonchev–Trinajstić information content (AvgIpc) is 2.69. The van der Waals surface area contributed by atoms with Crippen molar-refractivity contribution in [3.05, 3.63) is 23.1 Å². The molecule has 1 aliphatic rings. The summed E-state index contributed by atoms with van der Waals surface area (Å²) in [6, 6.07) is 6.65. The number of hydrogen-bond donors (Lipinski definition) is 0. The Morgan fingerprint density at radius 3 is 2.79 bits per heavy atom. The molecule has 0 amide bonds. The van der Waals surface area contributed by atoms with Crippen molar-refractivity contribution in [1.82, 2.24) is 9.88 Å². The molecule has 0 aromatic carbocycles. The maximum Gasteiger partial charge on any atom is 0.169 e. The number of likely N-dealkylation sites (N-methyl/N-ethyl adjacent to an activating group) is 1. The van der Waals surface area contributed by atoms with Crippen molar-refractivity contribution in [1.29, 1.82) is 0 Å². The van der Waals surface area contributed by atoms with Gasteiger partial charge in [0, 0.05) is 24.5 Å². The number of thiophene rings is 1. The van der Waals surface area contributed by atoms with Gasteiger partial charge in [-0.2, -0.15) is 0 Å². The van der Waals surface area contributed by atoms with Crippen molar-refractivity contribution in [2.45, 2.75) is 13.0 Å². The summed E-state index contributed by atoms with van der Waals surface area (Å²) < 4.78 is 0. The number of carbonyl (C=O) groups is 1. The van der Waals surface area contributed by atoms with E-state index in [1.54, 1.807) is 6.92 Å².